The first kappa shape index (κ1) is 14.8. The highest BCUT2D eigenvalue weighted by Crippen LogP contribution is 2.13. The van der Waals surface area contributed by atoms with Crippen molar-refractivity contribution in [3.63, 3.8) is 0 Å². The Hall–Kier alpha value is -1.21. The average Bonchev–Trinajstić information content (AvgIpc) is 2.18. The van der Waals surface area contributed by atoms with Gasteiger partial charge in [-0.05, 0) is 13.0 Å². The van der Waals surface area contributed by atoms with E-state index in [1.807, 2.05) is 0 Å². The van der Waals surface area contributed by atoms with E-state index in [1.165, 1.54) is 6.92 Å². The van der Waals surface area contributed by atoms with Gasteiger partial charge in [-0.1, -0.05) is 11.6 Å². The van der Waals surface area contributed by atoms with Gasteiger partial charge in [0, 0.05) is 12.3 Å². The fourth-order valence-electron chi connectivity index (χ4n) is 1.38. The van der Waals surface area contributed by atoms with Crippen molar-refractivity contribution < 1.29 is 17.6 Å². The Bertz CT molecular complexity index is 562. The van der Waals surface area contributed by atoms with E-state index in [0.29, 0.717) is 0 Å². The van der Waals surface area contributed by atoms with Gasteiger partial charge in [0.1, 0.15) is 20.8 Å². The molecule has 8 heteroatoms. The molecule has 0 saturated heterocycles. The molecular weight excluding hydrogens is 283 g/mol. The van der Waals surface area contributed by atoms with Crippen LogP contribution in [0.4, 0.5) is 4.39 Å². The first-order chi connectivity index (χ1) is 8.19. The second-order valence-corrected chi connectivity index (χ2v) is 6.50. The van der Waals surface area contributed by atoms with Crippen molar-refractivity contribution >= 4 is 27.3 Å². The lowest BCUT2D eigenvalue weighted by Crippen LogP contribution is -2.37. The van der Waals surface area contributed by atoms with Crippen LogP contribution < -0.4 is 5.32 Å². The minimum atomic E-state index is -3.21. The van der Waals surface area contributed by atoms with Crippen LogP contribution in [0.25, 0.3) is 0 Å². The molecule has 0 spiro atoms. The SMILES string of the molecule is CC(CS(C)(=O)=O)NC(=O)c1cc(F)cnc1Cl. The first-order valence-electron chi connectivity index (χ1n) is 4.98. The Morgan fingerprint density at radius 3 is 2.78 bits per heavy atom. The summed E-state index contributed by atoms with van der Waals surface area (Å²) in [5.41, 5.74) is -0.128. The number of nitrogens with zero attached hydrogens (tertiary/aromatic N) is 1. The smallest absolute Gasteiger partial charge is 0.254 e. The molecule has 1 atom stereocenters. The van der Waals surface area contributed by atoms with Crippen LogP contribution in [0.3, 0.4) is 0 Å². The number of amides is 1. The maximum Gasteiger partial charge on any atom is 0.254 e. The van der Waals surface area contributed by atoms with E-state index >= 15 is 0 Å². The molecule has 18 heavy (non-hydrogen) atoms. The molecule has 100 valence electrons. The number of carbonyl (C=O) groups excluding carboxylic acids is 1. The van der Waals surface area contributed by atoms with Gasteiger partial charge < -0.3 is 5.32 Å². The van der Waals surface area contributed by atoms with Crippen molar-refractivity contribution in [2.24, 2.45) is 0 Å². The van der Waals surface area contributed by atoms with E-state index in [4.69, 9.17) is 11.6 Å². The Morgan fingerprint density at radius 2 is 2.22 bits per heavy atom. The van der Waals surface area contributed by atoms with Crippen LogP contribution in [0, 0.1) is 5.82 Å². The molecule has 0 aliphatic carbocycles. The Morgan fingerprint density at radius 1 is 1.61 bits per heavy atom. The van der Waals surface area contributed by atoms with E-state index in [2.05, 4.69) is 10.3 Å². The summed E-state index contributed by atoms with van der Waals surface area (Å²) >= 11 is 5.65. The van der Waals surface area contributed by atoms with Gasteiger partial charge >= 0.3 is 0 Å². The molecule has 1 unspecified atom stereocenters. The lowest BCUT2D eigenvalue weighted by molar-refractivity contribution is 0.0943. The summed E-state index contributed by atoms with van der Waals surface area (Å²) in [6.45, 7) is 1.53. The van der Waals surface area contributed by atoms with Gasteiger partial charge in [0.15, 0.2) is 0 Å². The van der Waals surface area contributed by atoms with Crippen LogP contribution >= 0.6 is 11.6 Å². The van der Waals surface area contributed by atoms with Gasteiger partial charge in [0.05, 0.1) is 17.5 Å². The van der Waals surface area contributed by atoms with Crippen LogP contribution in [0.15, 0.2) is 12.3 Å². The molecular formula is C10H12ClFN2O3S. The topological polar surface area (TPSA) is 76.1 Å². The van der Waals surface area contributed by atoms with E-state index < -0.39 is 27.6 Å². The van der Waals surface area contributed by atoms with E-state index in [-0.39, 0.29) is 16.5 Å². The van der Waals surface area contributed by atoms with Crippen molar-refractivity contribution in [3.05, 3.63) is 28.8 Å². The Labute approximate surface area is 109 Å². The normalized spacial score (nSPS) is 13.1. The number of sulfone groups is 1. The second-order valence-electron chi connectivity index (χ2n) is 3.96. The van der Waals surface area contributed by atoms with Gasteiger partial charge in [0.2, 0.25) is 0 Å². The number of halogens is 2. The number of carbonyl (C=O) groups is 1. The van der Waals surface area contributed by atoms with Crippen LogP contribution in [0.5, 0.6) is 0 Å². The predicted molar refractivity (Wildman–Crippen MR) is 65.8 cm³/mol. The molecule has 1 aromatic rings. The van der Waals surface area contributed by atoms with Gasteiger partial charge in [-0.2, -0.15) is 0 Å². The summed E-state index contributed by atoms with van der Waals surface area (Å²) in [6, 6.07) is 0.338. The maximum atomic E-state index is 12.9. The first-order valence-corrected chi connectivity index (χ1v) is 7.42. The number of pyridine rings is 1. The summed E-state index contributed by atoms with van der Waals surface area (Å²) < 4.78 is 35.0. The number of nitrogens with one attached hydrogen (secondary N) is 1. The van der Waals surface area contributed by atoms with Crippen LogP contribution in [-0.2, 0) is 9.84 Å². The highest BCUT2D eigenvalue weighted by Gasteiger charge is 2.17. The van der Waals surface area contributed by atoms with Crippen LogP contribution in [-0.4, -0.2) is 37.4 Å². The molecule has 1 aromatic heterocycles. The van der Waals surface area contributed by atoms with Gasteiger partial charge in [-0.3, -0.25) is 4.79 Å². The molecule has 0 aliphatic rings. The molecule has 0 radical (unpaired) electrons. The number of aromatic nitrogens is 1. The third kappa shape index (κ3) is 4.58. The summed E-state index contributed by atoms with van der Waals surface area (Å²) in [5.74, 6) is -1.57. The standard InChI is InChI=1S/C10H12ClFN2O3S/c1-6(5-18(2,16)17)14-10(15)8-3-7(12)4-13-9(8)11/h3-4,6H,5H2,1-2H3,(H,14,15). The minimum absolute atomic E-state index is 0.128. The largest absolute Gasteiger partial charge is 0.348 e. The van der Waals surface area contributed by atoms with Crippen molar-refractivity contribution in [1.82, 2.24) is 10.3 Å². The second kappa shape index (κ2) is 5.62. The third-order valence-corrected chi connectivity index (χ3v) is 3.39. The fraction of sp³-hybridized carbons (Fsp3) is 0.400. The molecule has 1 rings (SSSR count). The molecule has 1 heterocycles. The molecule has 0 saturated carbocycles. The highest BCUT2D eigenvalue weighted by molar-refractivity contribution is 7.90. The number of hydrogen-bond acceptors (Lipinski definition) is 4. The Balaban J connectivity index is 2.80. The summed E-state index contributed by atoms with van der Waals surface area (Å²) in [7, 11) is -3.21. The fourth-order valence-corrected chi connectivity index (χ4v) is 2.56. The predicted octanol–water partition coefficient (Wildman–Crippen LogP) is 1.04. The zero-order chi connectivity index (χ0) is 13.9. The molecule has 0 aliphatic heterocycles. The van der Waals surface area contributed by atoms with E-state index in [1.54, 1.807) is 0 Å². The molecule has 0 bridgehead atoms. The van der Waals surface area contributed by atoms with Crippen LogP contribution in [0.2, 0.25) is 5.15 Å². The quantitative estimate of drug-likeness (QED) is 0.842. The Kier molecular flexibility index (Phi) is 4.64. The highest BCUT2D eigenvalue weighted by atomic mass is 35.5. The molecule has 0 fully saturated rings. The van der Waals surface area contributed by atoms with Crippen molar-refractivity contribution in [3.8, 4) is 0 Å². The van der Waals surface area contributed by atoms with Crippen molar-refractivity contribution in [2.45, 2.75) is 13.0 Å². The van der Waals surface area contributed by atoms with E-state index in [9.17, 15) is 17.6 Å². The van der Waals surface area contributed by atoms with Crippen LogP contribution in [0.1, 0.15) is 17.3 Å². The molecule has 5 nitrogen and oxygen atoms in total. The van der Waals surface area contributed by atoms with Crippen molar-refractivity contribution in [1.29, 1.82) is 0 Å². The molecule has 1 amide bonds. The maximum absolute atomic E-state index is 12.9. The number of rotatable bonds is 4. The summed E-state index contributed by atoms with van der Waals surface area (Å²) in [4.78, 5) is 15.2. The zero-order valence-corrected chi connectivity index (χ0v) is 11.3. The lowest BCUT2D eigenvalue weighted by atomic mass is 10.2. The number of hydrogen-bond donors (Lipinski definition) is 1. The minimum Gasteiger partial charge on any atom is -0.348 e. The van der Waals surface area contributed by atoms with Crippen molar-refractivity contribution in [2.75, 3.05) is 12.0 Å². The monoisotopic (exact) mass is 294 g/mol. The van der Waals surface area contributed by atoms with Gasteiger partial charge in [-0.25, -0.2) is 17.8 Å². The summed E-state index contributed by atoms with van der Waals surface area (Å²) in [6.07, 6.45) is 1.95. The van der Waals surface area contributed by atoms with Gasteiger partial charge in [0.25, 0.3) is 5.91 Å². The molecule has 0 aromatic carbocycles. The third-order valence-electron chi connectivity index (χ3n) is 1.98. The van der Waals surface area contributed by atoms with Gasteiger partial charge in [-0.15, -0.1) is 0 Å². The lowest BCUT2D eigenvalue weighted by Gasteiger charge is -2.13. The summed E-state index contributed by atoms with van der Waals surface area (Å²) in [5, 5.41) is 2.27. The van der Waals surface area contributed by atoms with E-state index in [0.717, 1.165) is 18.5 Å². The molecule has 1 N–H and O–H groups in total. The average molecular weight is 295 g/mol. The zero-order valence-electron chi connectivity index (χ0n) is 9.78.